The Labute approximate surface area is 167 Å². The second-order valence-corrected chi connectivity index (χ2v) is 7.14. The van der Waals surface area contributed by atoms with Crippen molar-refractivity contribution in [2.45, 2.75) is 18.3 Å². The first-order chi connectivity index (χ1) is 14.1. The van der Waals surface area contributed by atoms with Crippen molar-refractivity contribution in [3.05, 3.63) is 78.4 Å². The Balaban J connectivity index is 1.40. The number of amides is 1. The summed E-state index contributed by atoms with van der Waals surface area (Å²) >= 11 is 0. The van der Waals surface area contributed by atoms with Crippen LogP contribution in [-0.4, -0.2) is 20.5 Å². The Morgan fingerprint density at radius 2 is 1.76 bits per heavy atom. The van der Waals surface area contributed by atoms with Gasteiger partial charge in [0.05, 0.1) is 5.41 Å². The van der Waals surface area contributed by atoms with Crippen molar-refractivity contribution < 1.29 is 9.53 Å². The van der Waals surface area contributed by atoms with Crippen molar-refractivity contribution in [2.75, 3.05) is 11.1 Å². The van der Waals surface area contributed by atoms with Gasteiger partial charge in [0.2, 0.25) is 17.7 Å². The maximum atomic E-state index is 12.9. The zero-order valence-corrected chi connectivity index (χ0v) is 15.6. The minimum atomic E-state index is -0.484. The third kappa shape index (κ3) is 3.16. The highest BCUT2D eigenvalue weighted by Crippen LogP contribution is 2.48. The number of ether oxygens (including phenoxy) is 1. The SMILES string of the molecule is Nc1ccc(Oc2cccc3nc(NC(=O)C4(c5ccccc5)CC4)nn23)cc1. The molecule has 1 fully saturated rings. The lowest BCUT2D eigenvalue weighted by Gasteiger charge is -2.13. The van der Waals surface area contributed by atoms with Gasteiger partial charge in [0, 0.05) is 11.8 Å². The van der Waals surface area contributed by atoms with E-state index in [1.54, 1.807) is 34.8 Å². The van der Waals surface area contributed by atoms with E-state index in [1.165, 1.54) is 0 Å². The molecule has 0 atom stereocenters. The van der Waals surface area contributed by atoms with Gasteiger partial charge in [-0.2, -0.15) is 9.50 Å². The van der Waals surface area contributed by atoms with Gasteiger partial charge < -0.3 is 10.5 Å². The van der Waals surface area contributed by atoms with E-state index in [-0.39, 0.29) is 11.9 Å². The molecule has 5 rings (SSSR count). The molecule has 1 saturated carbocycles. The van der Waals surface area contributed by atoms with Crippen LogP contribution < -0.4 is 15.8 Å². The topological polar surface area (TPSA) is 94.5 Å². The summed E-state index contributed by atoms with van der Waals surface area (Å²) in [5.74, 6) is 1.30. The van der Waals surface area contributed by atoms with E-state index in [0.717, 1.165) is 18.4 Å². The van der Waals surface area contributed by atoms with Gasteiger partial charge in [0.25, 0.3) is 0 Å². The third-order valence-corrected chi connectivity index (χ3v) is 5.16. The van der Waals surface area contributed by atoms with Crippen LogP contribution in [0.4, 0.5) is 11.6 Å². The number of aromatic nitrogens is 3. The number of fused-ring (bicyclic) bond motifs is 1. The second-order valence-electron chi connectivity index (χ2n) is 7.14. The van der Waals surface area contributed by atoms with Gasteiger partial charge in [-0.3, -0.25) is 10.1 Å². The summed E-state index contributed by atoms with van der Waals surface area (Å²) in [4.78, 5) is 17.4. The van der Waals surface area contributed by atoms with Gasteiger partial charge in [-0.25, -0.2) is 0 Å². The van der Waals surface area contributed by atoms with Crippen LogP contribution >= 0.6 is 0 Å². The van der Waals surface area contributed by atoms with Crippen LogP contribution in [0.3, 0.4) is 0 Å². The molecule has 7 heteroatoms. The highest BCUT2D eigenvalue weighted by Gasteiger charge is 2.51. The summed E-state index contributed by atoms with van der Waals surface area (Å²) in [6, 6.07) is 22.3. The molecule has 2 aromatic carbocycles. The molecule has 0 aliphatic heterocycles. The summed E-state index contributed by atoms with van der Waals surface area (Å²) in [6.45, 7) is 0. The number of carbonyl (C=O) groups is 1. The molecular weight excluding hydrogens is 366 g/mol. The summed E-state index contributed by atoms with van der Waals surface area (Å²) in [5, 5.41) is 7.30. The molecule has 144 valence electrons. The maximum absolute atomic E-state index is 12.9. The molecule has 0 spiro atoms. The average Bonchev–Trinajstić information content (AvgIpc) is 3.45. The lowest BCUT2D eigenvalue weighted by atomic mass is 9.95. The molecule has 1 amide bonds. The van der Waals surface area contributed by atoms with Crippen LogP contribution in [0.5, 0.6) is 11.6 Å². The number of nitrogens with one attached hydrogen (secondary N) is 1. The number of hydrogen-bond acceptors (Lipinski definition) is 5. The van der Waals surface area contributed by atoms with Crippen LogP contribution in [0.2, 0.25) is 0 Å². The monoisotopic (exact) mass is 385 g/mol. The molecule has 0 bridgehead atoms. The van der Waals surface area contributed by atoms with Gasteiger partial charge >= 0.3 is 0 Å². The highest BCUT2D eigenvalue weighted by atomic mass is 16.5. The van der Waals surface area contributed by atoms with Crippen molar-refractivity contribution in [1.82, 2.24) is 14.6 Å². The average molecular weight is 385 g/mol. The molecule has 3 N–H and O–H groups in total. The number of pyridine rings is 1. The number of nitrogen functional groups attached to an aromatic ring is 1. The quantitative estimate of drug-likeness (QED) is 0.510. The molecule has 0 unspecified atom stereocenters. The summed E-state index contributed by atoms with van der Waals surface area (Å²) in [6.07, 6.45) is 1.64. The van der Waals surface area contributed by atoms with Crippen molar-refractivity contribution >= 4 is 23.2 Å². The Bertz CT molecular complexity index is 1180. The fourth-order valence-electron chi connectivity index (χ4n) is 3.42. The van der Waals surface area contributed by atoms with E-state index in [9.17, 15) is 4.79 Å². The third-order valence-electron chi connectivity index (χ3n) is 5.16. The molecule has 29 heavy (non-hydrogen) atoms. The fraction of sp³-hybridized carbons (Fsp3) is 0.136. The zero-order chi connectivity index (χ0) is 19.8. The van der Waals surface area contributed by atoms with E-state index >= 15 is 0 Å². The van der Waals surface area contributed by atoms with Crippen LogP contribution in [0.25, 0.3) is 5.65 Å². The van der Waals surface area contributed by atoms with Gasteiger partial charge in [-0.05, 0) is 48.7 Å². The Hall–Kier alpha value is -3.87. The largest absolute Gasteiger partial charge is 0.439 e. The molecule has 2 aromatic heterocycles. The van der Waals surface area contributed by atoms with E-state index < -0.39 is 5.41 Å². The summed E-state index contributed by atoms with van der Waals surface area (Å²) in [5.41, 5.74) is 7.50. The van der Waals surface area contributed by atoms with Crippen LogP contribution in [-0.2, 0) is 10.2 Å². The highest BCUT2D eigenvalue weighted by molar-refractivity contribution is 6.00. The molecule has 4 aromatic rings. The smallest absolute Gasteiger partial charge is 0.249 e. The second kappa shape index (κ2) is 6.63. The predicted molar refractivity (Wildman–Crippen MR) is 110 cm³/mol. The first kappa shape index (κ1) is 17.2. The number of hydrogen-bond donors (Lipinski definition) is 2. The zero-order valence-electron chi connectivity index (χ0n) is 15.6. The van der Waals surface area contributed by atoms with Gasteiger partial charge in [-0.1, -0.05) is 36.4 Å². The molecule has 1 aliphatic rings. The van der Waals surface area contributed by atoms with Crippen molar-refractivity contribution in [2.24, 2.45) is 0 Å². The normalized spacial score (nSPS) is 14.5. The number of nitrogens with two attached hydrogens (primary N) is 1. The van der Waals surface area contributed by atoms with E-state index in [1.807, 2.05) is 42.5 Å². The molecule has 7 nitrogen and oxygen atoms in total. The number of rotatable bonds is 5. The molecular formula is C22H19N5O2. The lowest BCUT2D eigenvalue weighted by Crippen LogP contribution is -2.28. The minimum absolute atomic E-state index is 0.0828. The van der Waals surface area contributed by atoms with E-state index in [4.69, 9.17) is 10.5 Å². The lowest BCUT2D eigenvalue weighted by molar-refractivity contribution is -0.118. The van der Waals surface area contributed by atoms with E-state index in [2.05, 4.69) is 15.4 Å². The fourth-order valence-corrected chi connectivity index (χ4v) is 3.42. The minimum Gasteiger partial charge on any atom is -0.439 e. The number of benzene rings is 2. The van der Waals surface area contributed by atoms with Gasteiger partial charge in [-0.15, -0.1) is 5.10 Å². The predicted octanol–water partition coefficient (Wildman–Crippen LogP) is 3.77. The Morgan fingerprint density at radius 3 is 2.48 bits per heavy atom. The summed E-state index contributed by atoms with van der Waals surface area (Å²) < 4.78 is 7.47. The molecule has 1 aliphatic carbocycles. The molecule has 0 saturated heterocycles. The van der Waals surface area contributed by atoms with Gasteiger partial charge in [0.15, 0.2) is 5.65 Å². The Morgan fingerprint density at radius 1 is 1.00 bits per heavy atom. The van der Waals surface area contributed by atoms with Crippen LogP contribution in [0, 0.1) is 0 Å². The Kier molecular flexibility index (Phi) is 3.94. The van der Waals surface area contributed by atoms with Crippen LogP contribution in [0.15, 0.2) is 72.8 Å². The van der Waals surface area contributed by atoms with Crippen LogP contribution in [0.1, 0.15) is 18.4 Å². The van der Waals surface area contributed by atoms with Crippen molar-refractivity contribution in [1.29, 1.82) is 0 Å². The molecule has 2 heterocycles. The first-order valence-electron chi connectivity index (χ1n) is 9.40. The van der Waals surface area contributed by atoms with Gasteiger partial charge in [0.1, 0.15) is 5.75 Å². The van der Waals surface area contributed by atoms with Crippen molar-refractivity contribution in [3.63, 3.8) is 0 Å². The summed E-state index contributed by atoms with van der Waals surface area (Å²) in [7, 11) is 0. The maximum Gasteiger partial charge on any atom is 0.249 e. The van der Waals surface area contributed by atoms with E-state index in [0.29, 0.717) is 23.0 Å². The number of anilines is 2. The number of carbonyl (C=O) groups excluding carboxylic acids is 1. The first-order valence-corrected chi connectivity index (χ1v) is 9.40. The molecule has 0 radical (unpaired) electrons. The standard InChI is InChI=1S/C22H19N5O2/c23-16-9-11-17(12-10-16)29-19-8-4-7-18-24-21(26-27(18)19)25-20(28)22(13-14-22)15-5-2-1-3-6-15/h1-12H,13-14,23H2,(H,25,26,28). The number of nitrogens with zero attached hydrogens (tertiary/aromatic N) is 3. The van der Waals surface area contributed by atoms with Crippen molar-refractivity contribution in [3.8, 4) is 11.6 Å².